The van der Waals surface area contributed by atoms with E-state index >= 15 is 0 Å². The molecule has 1 rings (SSSR count). The molecule has 0 saturated carbocycles. The predicted molar refractivity (Wildman–Crippen MR) is 85.5 cm³/mol. The van der Waals surface area contributed by atoms with Gasteiger partial charge in [0.05, 0.1) is 0 Å². The van der Waals surface area contributed by atoms with E-state index in [1.165, 1.54) is 18.4 Å². The monoisotopic (exact) mass is 327 g/mol. The summed E-state index contributed by atoms with van der Waals surface area (Å²) in [6.45, 7) is 7.18. The van der Waals surface area contributed by atoms with Crippen molar-refractivity contribution in [2.45, 2.75) is 45.6 Å². The van der Waals surface area contributed by atoms with E-state index in [0.29, 0.717) is 6.04 Å². The van der Waals surface area contributed by atoms with Crippen molar-refractivity contribution >= 4 is 15.9 Å². The Labute approximate surface area is 126 Å². The molecular weight excluding hydrogens is 302 g/mol. The fourth-order valence-electron chi connectivity index (χ4n) is 2.02. The number of halogens is 1. The van der Waals surface area contributed by atoms with Crippen LogP contribution in [0.25, 0.3) is 0 Å². The molecule has 0 amide bonds. The number of rotatable bonds is 10. The Morgan fingerprint density at radius 2 is 2.00 bits per heavy atom. The van der Waals surface area contributed by atoms with Crippen molar-refractivity contribution in [2.75, 3.05) is 19.8 Å². The van der Waals surface area contributed by atoms with E-state index in [2.05, 4.69) is 59.4 Å². The van der Waals surface area contributed by atoms with E-state index < -0.39 is 0 Å². The van der Waals surface area contributed by atoms with Crippen molar-refractivity contribution in [3.8, 4) is 0 Å². The third kappa shape index (κ3) is 7.09. The highest BCUT2D eigenvalue weighted by Crippen LogP contribution is 2.20. The highest BCUT2D eigenvalue weighted by molar-refractivity contribution is 9.10. The SMILES string of the molecule is CCCCOCCCNC(CC)c1cccc(Br)c1. The molecule has 1 atom stereocenters. The van der Waals surface area contributed by atoms with Crippen molar-refractivity contribution in [1.29, 1.82) is 0 Å². The third-order valence-corrected chi connectivity index (χ3v) is 3.65. The second kappa shape index (κ2) is 10.4. The van der Waals surface area contributed by atoms with Crippen LogP contribution < -0.4 is 5.32 Å². The Bertz CT molecular complexity index is 343. The zero-order chi connectivity index (χ0) is 13.9. The van der Waals surface area contributed by atoms with Gasteiger partial charge in [-0.05, 0) is 43.5 Å². The molecule has 0 spiro atoms. The van der Waals surface area contributed by atoms with Crippen molar-refractivity contribution in [3.05, 3.63) is 34.3 Å². The van der Waals surface area contributed by atoms with Crippen LogP contribution in [0.15, 0.2) is 28.7 Å². The molecule has 0 aromatic heterocycles. The van der Waals surface area contributed by atoms with E-state index in [0.717, 1.165) is 37.1 Å². The molecule has 2 nitrogen and oxygen atoms in total. The predicted octanol–water partition coefficient (Wildman–Crippen LogP) is 4.70. The van der Waals surface area contributed by atoms with Crippen molar-refractivity contribution in [2.24, 2.45) is 0 Å². The molecule has 1 aromatic carbocycles. The van der Waals surface area contributed by atoms with Gasteiger partial charge in [-0.25, -0.2) is 0 Å². The molecule has 3 heteroatoms. The Balaban J connectivity index is 2.22. The average molecular weight is 328 g/mol. The minimum atomic E-state index is 0.438. The van der Waals surface area contributed by atoms with E-state index in [1.807, 2.05) is 0 Å². The summed E-state index contributed by atoms with van der Waals surface area (Å²) in [6.07, 6.45) is 4.56. The molecule has 1 unspecified atom stereocenters. The minimum absolute atomic E-state index is 0.438. The third-order valence-electron chi connectivity index (χ3n) is 3.16. The average Bonchev–Trinajstić information content (AvgIpc) is 2.42. The smallest absolute Gasteiger partial charge is 0.0478 e. The molecule has 1 aromatic rings. The molecule has 19 heavy (non-hydrogen) atoms. The second-order valence-corrected chi connectivity index (χ2v) is 5.71. The summed E-state index contributed by atoms with van der Waals surface area (Å²) in [5, 5.41) is 3.60. The van der Waals surface area contributed by atoms with Gasteiger partial charge in [-0.2, -0.15) is 0 Å². The Hall–Kier alpha value is -0.380. The van der Waals surface area contributed by atoms with Gasteiger partial charge in [-0.15, -0.1) is 0 Å². The first-order chi connectivity index (χ1) is 9.27. The van der Waals surface area contributed by atoms with Gasteiger partial charge in [0, 0.05) is 23.7 Å². The molecule has 0 aliphatic heterocycles. The molecule has 0 fully saturated rings. The van der Waals surface area contributed by atoms with Gasteiger partial charge in [0.25, 0.3) is 0 Å². The van der Waals surface area contributed by atoms with Gasteiger partial charge in [0.1, 0.15) is 0 Å². The van der Waals surface area contributed by atoms with Gasteiger partial charge < -0.3 is 10.1 Å². The maximum Gasteiger partial charge on any atom is 0.0478 e. The quantitative estimate of drug-likeness (QED) is 0.629. The molecule has 1 N–H and O–H groups in total. The first-order valence-corrected chi connectivity index (χ1v) is 8.13. The Morgan fingerprint density at radius 1 is 1.21 bits per heavy atom. The van der Waals surface area contributed by atoms with E-state index in [1.54, 1.807) is 0 Å². The summed E-state index contributed by atoms with van der Waals surface area (Å²) in [4.78, 5) is 0. The number of hydrogen-bond acceptors (Lipinski definition) is 2. The first kappa shape index (κ1) is 16.7. The van der Waals surface area contributed by atoms with Crippen LogP contribution in [0.3, 0.4) is 0 Å². The summed E-state index contributed by atoms with van der Waals surface area (Å²) in [7, 11) is 0. The van der Waals surface area contributed by atoms with Crippen LogP contribution in [0.2, 0.25) is 0 Å². The molecule has 0 radical (unpaired) electrons. The van der Waals surface area contributed by atoms with Gasteiger partial charge in [-0.3, -0.25) is 0 Å². The highest BCUT2D eigenvalue weighted by atomic mass is 79.9. The van der Waals surface area contributed by atoms with Crippen molar-refractivity contribution < 1.29 is 4.74 Å². The van der Waals surface area contributed by atoms with Crippen molar-refractivity contribution in [1.82, 2.24) is 5.32 Å². The zero-order valence-corrected chi connectivity index (χ0v) is 13.7. The van der Waals surface area contributed by atoms with Gasteiger partial charge in [-0.1, -0.05) is 48.3 Å². The second-order valence-electron chi connectivity index (χ2n) is 4.79. The normalized spacial score (nSPS) is 12.6. The van der Waals surface area contributed by atoms with Gasteiger partial charge >= 0.3 is 0 Å². The minimum Gasteiger partial charge on any atom is -0.381 e. The van der Waals surface area contributed by atoms with Crippen LogP contribution in [0.1, 0.15) is 51.1 Å². The summed E-state index contributed by atoms with van der Waals surface area (Å²) in [5.74, 6) is 0. The van der Waals surface area contributed by atoms with Crippen molar-refractivity contribution in [3.63, 3.8) is 0 Å². The number of unbranched alkanes of at least 4 members (excludes halogenated alkanes) is 1. The lowest BCUT2D eigenvalue weighted by Crippen LogP contribution is -2.22. The summed E-state index contributed by atoms with van der Waals surface area (Å²) in [5.41, 5.74) is 1.35. The summed E-state index contributed by atoms with van der Waals surface area (Å²) in [6, 6.07) is 8.98. The molecule has 0 aliphatic rings. The van der Waals surface area contributed by atoms with Crippen LogP contribution in [-0.2, 0) is 4.74 Å². The molecule has 108 valence electrons. The lowest BCUT2D eigenvalue weighted by Gasteiger charge is -2.17. The maximum atomic E-state index is 5.57. The van der Waals surface area contributed by atoms with Crippen LogP contribution in [0, 0.1) is 0 Å². The number of benzene rings is 1. The maximum absolute atomic E-state index is 5.57. The number of nitrogens with one attached hydrogen (secondary N) is 1. The van der Waals surface area contributed by atoms with Gasteiger partial charge in [0.15, 0.2) is 0 Å². The van der Waals surface area contributed by atoms with E-state index in [9.17, 15) is 0 Å². The lowest BCUT2D eigenvalue weighted by atomic mass is 10.0. The largest absolute Gasteiger partial charge is 0.381 e. The molecule has 0 heterocycles. The summed E-state index contributed by atoms with van der Waals surface area (Å²) < 4.78 is 6.71. The van der Waals surface area contributed by atoms with E-state index in [4.69, 9.17) is 4.74 Å². The van der Waals surface area contributed by atoms with Crippen LogP contribution in [-0.4, -0.2) is 19.8 Å². The van der Waals surface area contributed by atoms with Gasteiger partial charge in [0.2, 0.25) is 0 Å². The Morgan fingerprint density at radius 3 is 2.68 bits per heavy atom. The van der Waals surface area contributed by atoms with E-state index in [-0.39, 0.29) is 0 Å². The zero-order valence-electron chi connectivity index (χ0n) is 12.1. The number of hydrogen-bond donors (Lipinski definition) is 1. The fraction of sp³-hybridized carbons (Fsp3) is 0.625. The highest BCUT2D eigenvalue weighted by Gasteiger charge is 2.08. The summed E-state index contributed by atoms with van der Waals surface area (Å²) >= 11 is 3.53. The van der Waals surface area contributed by atoms with Crippen LogP contribution in [0.4, 0.5) is 0 Å². The molecule has 0 bridgehead atoms. The lowest BCUT2D eigenvalue weighted by molar-refractivity contribution is 0.128. The molecular formula is C16H26BrNO. The standard InChI is InChI=1S/C16H26BrNO/c1-3-5-11-19-12-7-10-18-16(4-2)14-8-6-9-15(17)13-14/h6,8-9,13,16,18H,3-5,7,10-12H2,1-2H3. The first-order valence-electron chi connectivity index (χ1n) is 7.34. The Kier molecular flexibility index (Phi) is 9.14. The number of ether oxygens (including phenoxy) is 1. The van der Waals surface area contributed by atoms with Crippen LogP contribution in [0.5, 0.6) is 0 Å². The fourth-order valence-corrected chi connectivity index (χ4v) is 2.44. The topological polar surface area (TPSA) is 21.3 Å². The molecule has 0 saturated heterocycles. The molecule has 0 aliphatic carbocycles. The van der Waals surface area contributed by atoms with Crippen LogP contribution >= 0.6 is 15.9 Å².